The number of benzene rings is 7. The molecule has 0 amide bonds. The van der Waals surface area contributed by atoms with Gasteiger partial charge in [-0.1, -0.05) is 129 Å². The Labute approximate surface area is 319 Å². The normalized spacial score (nSPS) is 13.1. The predicted molar refractivity (Wildman–Crippen MR) is 229 cm³/mol. The third-order valence-corrected chi connectivity index (χ3v) is 11.6. The standard InChI is InChI=1S/C52H35N3/c1-52(2)44-16-8-7-15-43(44)51-50(52)48(49-42-14-6-3-11-33(42)23-24-47(49)55-51)34-21-19-32(20-22-34)37-27-38(40-25-35-12-4-9-17-45(35)53-30-40)29-39(28-37)41-26-36-13-5-10-18-46(36)54-31-41/h3-31H,1-2H3. The van der Waals surface area contributed by atoms with Crippen LogP contribution in [0.5, 0.6) is 0 Å². The summed E-state index contributed by atoms with van der Waals surface area (Å²) in [7, 11) is 0. The van der Waals surface area contributed by atoms with Crippen LogP contribution in [-0.4, -0.2) is 15.0 Å². The van der Waals surface area contributed by atoms with Gasteiger partial charge in [-0.25, -0.2) is 4.98 Å². The van der Waals surface area contributed by atoms with Crippen molar-refractivity contribution < 1.29 is 0 Å². The van der Waals surface area contributed by atoms with E-state index in [2.05, 4.69) is 166 Å². The van der Waals surface area contributed by atoms with E-state index < -0.39 is 0 Å². The number of para-hydroxylation sites is 2. The molecule has 11 rings (SSSR count). The Morgan fingerprint density at radius 1 is 0.418 bits per heavy atom. The van der Waals surface area contributed by atoms with Crippen LogP contribution in [0.2, 0.25) is 0 Å². The molecule has 0 fully saturated rings. The Bertz CT molecular complexity index is 3080. The Balaban J connectivity index is 1.11. The van der Waals surface area contributed by atoms with Crippen LogP contribution in [0.4, 0.5) is 0 Å². The van der Waals surface area contributed by atoms with Gasteiger partial charge < -0.3 is 0 Å². The molecule has 1 aliphatic carbocycles. The van der Waals surface area contributed by atoms with E-state index in [0.717, 1.165) is 66.4 Å². The molecular weight excluding hydrogens is 667 g/mol. The van der Waals surface area contributed by atoms with Gasteiger partial charge in [0.2, 0.25) is 0 Å². The van der Waals surface area contributed by atoms with E-state index in [4.69, 9.17) is 15.0 Å². The van der Waals surface area contributed by atoms with Crippen molar-refractivity contribution in [3.8, 4) is 55.8 Å². The van der Waals surface area contributed by atoms with E-state index >= 15 is 0 Å². The van der Waals surface area contributed by atoms with Crippen molar-refractivity contribution in [2.45, 2.75) is 19.3 Å². The second kappa shape index (κ2) is 12.0. The maximum absolute atomic E-state index is 5.40. The summed E-state index contributed by atoms with van der Waals surface area (Å²) in [6, 6.07) is 59.0. The molecule has 10 aromatic rings. The second-order valence-electron chi connectivity index (χ2n) is 15.3. The zero-order chi connectivity index (χ0) is 36.7. The molecule has 0 saturated heterocycles. The van der Waals surface area contributed by atoms with Crippen molar-refractivity contribution in [1.29, 1.82) is 0 Å². The van der Waals surface area contributed by atoms with Gasteiger partial charge in [-0.3, -0.25) is 9.97 Å². The minimum Gasteiger partial charge on any atom is -0.256 e. The summed E-state index contributed by atoms with van der Waals surface area (Å²) in [5.41, 5.74) is 16.9. The van der Waals surface area contributed by atoms with Crippen molar-refractivity contribution in [1.82, 2.24) is 15.0 Å². The smallest absolute Gasteiger partial charge is 0.0759 e. The molecule has 3 aromatic heterocycles. The van der Waals surface area contributed by atoms with Gasteiger partial charge in [-0.05, 0) is 104 Å². The molecule has 3 heteroatoms. The monoisotopic (exact) mass is 701 g/mol. The molecule has 3 heterocycles. The van der Waals surface area contributed by atoms with Gasteiger partial charge in [0.05, 0.1) is 22.2 Å². The fourth-order valence-electron chi connectivity index (χ4n) is 8.91. The van der Waals surface area contributed by atoms with Crippen LogP contribution >= 0.6 is 0 Å². The first-order chi connectivity index (χ1) is 27.0. The SMILES string of the molecule is CC1(C)c2ccccc2-c2nc3ccc4ccccc4c3c(-c3ccc(-c4cc(-c5cnc6ccccc6c5)cc(-c5cnc6ccccc6c5)c4)cc3)c21. The lowest BCUT2D eigenvalue weighted by molar-refractivity contribution is 0.662. The molecular formula is C52H35N3. The van der Waals surface area contributed by atoms with E-state index in [1.165, 1.54) is 44.0 Å². The van der Waals surface area contributed by atoms with Gasteiger partial charge in [0.25, 0.3) is 0 Å². The molecule has 3 nitrogen and oxygen atoms in total. The molecule has 0 bridgehead atoms. The van der Waals surface area contributed by atoms with E-state index in [1.54, 1.807) is 0 Å². The van der Waals surface area contributed by atoms with Crippen molar-refractivity contribution >= 4 is 43.5 Å². The summed E-state index contributed by atoms with van der Waals surface area (Å²) < 4.78 is 0. The van der Waals surface area contributed by atoms with Crippen LogP contribution < -0.4 is 0 Å². The van der Waals surface area contributed by atoms with Crippen molar-refractivity contribution in [3.05, 3.63) is 187 Å². The summed E-state index contributed by atoms with van der Waals surface area (Å²) in [6.07, 6.45) is 3.98. The Kier molecular flexibility index (Phi) is 6.90. The minimum atomic E-state index is -0.219. The number of hydrogen-bond donors (Lipinski definition) is 0. The van der Waals surface area contributed by atoms with Gasteiger partial charge >= 0.3 is 0 Å². The highest BCUT2D eigenvalue weighted by Gasteiger charge is 2.39. The average molecular weight is 702 g/mol. The van der Waals surface area contributed by atoms with E-state index in [0.29, 0.717) is 0 Å². The highest BCUT2D eigenvalue weighted by Crippen LogP contribution is 2.54. The first-order valence-electron chi connectivity index (χ1n) is 18.9. The summed E-state index contributed by atoms with van der Waals surface area (Å²) in [5, 5.41) is 5.91. The molecule has 0 radical (unpaired) electrons. The molecule has 0 spiro atoms. The molecule has 1 aliphatic rings. The van der Waals surface area contributed by atoms with E-state index in [9.17, 15) is 0 Å². The lowest BCUT2D eigenvalue weighted by Crippen LogP contribution is -2.16. The number of aromatic nitrogens is 3. The van der Waals surface area contributed by atoms with Crippen LogP contribution in [-0.2, 0) is 5.41 Å². The first kappa shape index (κ1) is 31.5. The van der Waals surface area contributed by atoms with Gasteiger partial charge in [0.15, 0.2) is 0 Å². The zero-order valence-electron chi connectivity index (χ0n) is 30.6. The van der Waals surface area contributed by atoms with E-state index in [1.807, 2.05) is 24.5 Å². The lowest BCUT2D eigenvalue weighted by atomic mass is 9.78. The Hall–Kier alpha value is -6.97. The first-order valence-corrected chi connectivity index (χ1v) is 18.9. The van der Waals surface area contributed by atoms with Crippen LogP contribution in [0.3, 0.4) is 0 Å². The minimum absolute atomic E-state index is 0.219. The second-order valence-corrected chi connectivity index (χ2v) is 15.3. The van der Waals surface area contributed by atoms with Crippen molar-refractivity contribution in [2.24, 2.45) is 0 Å². The highest BCUT2D eigenvalue weighted by molar-refractivity contribution is 6.16. The average Bonchev–Trinajstić information content (AvgIpc) is 3.47. The Morgan fingerprint density at radius 2 is 0.964 bits per heavy atom. The molecule has 0 atom stereocenters. The molecule has 258 valence electrons. The highest BCUT2D eigenvalue weighted by atomic mass is 14.7. The Morgan fingerprint density at radius 3 is 1.64 bits per heavy atom. The maximum Gasteiger partial charge on any atom is 0.0759 e. The van der Waals surface area contributed by atoms with Gasteiger partial charge in [-0.2, -0.15) is 0 Å². The van der Waals surface area contributed by atoms with Crippen LogP contribution in [0.1, 0.15) is 25.0 Å². The molecule has 0 unspecified atom stereocenters. The zero-order valence-corrected chi connectivity index (χ0v) is 30.6. The van der Waals surface area contributed by atoms with Gasteiger partial charge in [-0.15, -0.1) is 0 Å². The molecule has 0 N–H and O–H groups in total. The maximum atomic E-state index is 5.40. The van der Waals surface area contributed by atoms with Crippen molar-refractivity contribution in [2.75, 3.05) is 0 Å². The van der Waals surface area contributed by atoms with Gasteiger partial charge in [0.1, 0.15) is 0 Å². The third kappa shape index (κ3) is 5.01. The lowest BCUT2D eigenvalue weighted by Gasteiger charge is -2.25. The number of hydrogen-bond acceptors (Lipinski definition) is 3. The summed E-state index contributed by atoms with van der Waals surface area (Å²) >= 11 is 0. The fraction of sp³-hybridized carbons (Fsp3) is 0.0577. The summed E-state index contributed by atoms with van der Waals surface area (Å²) in [4.78, 5) is 15.1. The number of fused-ring (bicyclic) bond motifs is 8. The quantitative estimate of drug-likeness (QED) is 0.171. The van der Waals surface area contributed by atoms with Crippen LogP contribution in [0, 0.1) is 0 Å². The molecule has 7 aromatic carbocycles. The number of pyridine rings is 3. The predicted octanol–water partition coefficient (Wildman–Crippen LogP) is 13.5. The van der Waals surface area contributed by atoms with Crippen LogP contribution in [0.15, 0.2) is 176 Å². The largest absolute Gasteiger partial charge is 0.256 e. The molecule has 55 heavy (non-hydrogen) atoms. The molecule has 0 aliphatic heterocycles. The van der Waals surface area contributed by atoms with Crippen molar-refractivity contribution in [3.63, 3.8) is 0 Å². The summed E-state index contributed by atoms with van der Waals surface area (Å²) in [5.74, 6) is 0. The van der Waals surface area contributed by atoms with E-state index in [-0.39, 0.29) is 5.41 Å². The fourth-order valence-corrected chi connectivity index (χ4v) is 8.91. The van der Waals surface area contributed by atoms with Gasteiger partial charge in [0, 0.05) is 50.7 Å². The molecule has 0 saturated carbocycles. The number of rotatable bonds is 4. The van der Waals surface area contributed by atoms with Crippen LogP contribution in [0.25, 0.3) is 99.2 Å². The summed E-state index contributed by atoms with van der Waals surface area (Å²) in [6.45, 7) is 4.70. The number of nitrogens with zero attached hydrogens (tertiary/aromatic N) is 3. The third-order valence-electron chi connectivity index (χ3n) is 11.6. The topological polar surface area (TPSA) is 38.7 Å².